The minimum absolute atomic E-state index is 0.286. The summed E-state index contributed by atoms with van der Waals surface area (Å²) < 4.78 is 2.09. The van der Waals surface area contributed by atoms with Crippen LogP contribution in [0.5, 0.6) is 0 Å². The van der Waals surface area contributed by atoms with Gasteiger partial charge in [-0.3, -0.25) is 0 Å². The highest BCUT2D eigenvalue weighted by Gasteiger charge is 2.28. The molecule has 0 fully saturated rings. The molecule has 0 N–H and O–H groups in total. The normalized spacial score (nSPS) is 11.4. The van der Waals surface area contributed by atoms with Crippen LogP contribution in [0, 0.1) is 16.7 Å². The number of alkyl halides is 1. The fourth-order valence-corrected chi connectivity index (χ4v) is 3.27. The summed E-state index contributed by atoms with van der Waals surface area (Å²) in [4.78, 5) is 0. The van der Waals surface area contributed by atoms with E-state index in [-0.39, 0.29) is 5.41 Å². The predicted octanol–water partition coefficient (Wildman–Crippen LogP) is 4.34. The Morgan fingerprint density at radius 3 is 2.47 bits per heavy atom. The molecule has 3 heteroatoms. The zero-order chi connectivity index (χ0) is 12.7. The highest BCUT2D eigenvalue weighted by Crippen LogP contribution is 2.34. The zero-order valence-electron chi connectivity index (χ0n) is 10.7. The Hall–Kier alpha value is -0.750. The first-order valence-corrected chi connectivity index (χ1v) is 7.44. The fourth-order valence-electron chi connectivity index (χ4n) is 2.53. The third-order valence-corrected chi connectivity index (χ3v) is 4.48. The minimum atomic E-state index is 0.286. The number of nitrogens with zero attached hydrogens (tertiary/aromatic N) is 2. The van der Waals surface area contributed by atoms with Gasteiger partial charge in [0.05, 0.1) is 0 Å². The minimum Gasteiger partial charge on any atom is -0.339 e. The van der Waals surface area contributed by atoms with Crippen LogP contribution in [0.25, 0.3) is 0 Å². The Balaban J connectivity index is 2.89. The van der Waals surface area contributed by atoms with E-state index in [1.54, 1.807) is 0 Å². The third kappa shape index (κ3) is 3.61. The summed E-state index contributed by atoms with van der Waals surface area (Å²) in [5.74, 6) is 0. The van der Waals surface area contributed by atoms with Gasteiger partial charge in [-0.25, -0.2) is 0 Å². The molecule has 1 aromatic heterocycles. The van der Waals surface area contributed by atoms with Gasteiger partial charge in [0.15, 0.2) is 0 Å². The maximum absolute atomic E-state index is 9.05. The predicted molar refractivity (Wildman–Crippen MR) is 75.2 cm³/mol. The monoisotopic (exact) mass is 296 g/mol. The summed E-state index contributed by atoms with van der Waals surface area (Å²) in [6.45, 7) is 5.40. The van der Waals surface area contributed by atoms with E-state index in [1.807, 2.05) is 18.3 Å². The number of halogens is 1. The van der Waals surface area contributed by atoms with Gasteiger partial charge in [-0.15, -0.1) is 0 Å². The lowest BCUT2D eigenvalue weighted by Gasteiger charge is -2.32. The van der Waals surface area contributed by atoms with Crippen molar-refractivity contribution in [2.75, 3.05) is 5.33 Å². The quantitative estimate of drug-likeness (QED) is 0.688. The summed E-state index contributed by atoms with van der Waals surface area (Å²) in [6.07, 6.45) is 6.80. The Bertz CT molecular complexity index is 370. The number of rotatable bonds is 7. The molecule has 0 bridgehead atoms. The van der Waals surface area contributed by atoms with E-state index in [2.05, 4.69) is 40.4 Å². The molecule has 2 nitrogen and oxygen atoms in total. The van der Waals surface area contributed by atoms with Gasteiger partial charge in [-0.2, -0.15) is 5.26 Å². The number of nitriles is 1. The van der Waals surface area contributed by atoms with Crippen molar-refractivity contribution in [2.45, 2.75) is 46.1 Å². The molecule has 0 saturated heterocycles. The second-order valence-corrected chi connectivity index (χ2v) is 5.33. The Labute approximate surface area is 113 Å². The van der Waals surface area contributed by atoms with E-state index in [0.29, 0.717) is 0 Å². The van der Waals surface area contributed by atoms with Crippen LogP contribution in [0.15, 0.2) is 18.3 Å². The van der Waals surface area contributed by atoms with Gasteiger partial charge in [0.2, 0.25) is 0 Å². The van der Waals surface area contributed by atoms with Gasteiger partial charge in [0, 0.05) is 18.1 Å². The lowest BCUT2D eigenvalue weighted by atomic mass is 9.81. The van der Waals surface area contributed by atoms with E-state index in [9.17, 15) is 0 Å². The lowest BCUT2D eigenvalue weighted by Crippen LogP contribution is -2.29. The van der Waals surface area contributed by atoms with Crippen molar-refractivity contribution in [3.8, 4) is 6.07 Å². The maximum Gasteiger partial charge on any atom is 0.120 e. The number of aromatic nitrogens is 1. The standard InChI is InChI=1S/C14H21BrN2/c1-3-7-14(11-15,8-4-2)12-17-9-5-6-13(17)10-16/h5-6,9H,3-4,7-8,11-12H2,1-2H3. The fraction of sp³-hybridized carbons (Fsp3) is 0.643. The molecule has 1 rings (SSSR count). The molecule has 0 radical (unpaired) electrons. The first-order chi connectivity index (χ1) is 8.21. The van der Waals surface area contributed by atoms with Crippen molar-refractivity contribution in [1.29, 1.82) is 5.26 Å². The molecule has 0 aromatic carbocycles. The summed E-state index contributed by atoms with van der Waals surface area (Å²) in [5.41, 5.74) is 1.05. The van der Waals surface area contributed by atoms with Gasteiger partial charge in [-0.1, -0.05) is 42.6 Å². The molecule has 0 aliphatic carbocycles. The number of hydrogen-bond acceptors (Lipinski definition) is 1. The first-order valence-electron chi connectivity index (χ1n) is 6.32. The molecule has 0 unspecified atom stereocenters. The van der Waals surface area contributed by atoms with Crippen molar-refractivity contribution in [3.63, 3.8) is 0 Å². The molecule has 0 aliphatic heterocycles. The Morgan fingerprint density at radius 1 is 1.35 bits per heavy atom. The van der Waals surface area contributed by atoms with E-state index in [4.69, 9.17) is 5.26 Å². The van der Waals surface area contributed by atoms with Gasteiger partial charge < -0.3 is 4.57 Å². The topological polar surface area (TPSA) is 28.7 Å². The third-order valence-electron chi connectivity index (χ3n) is 3.29. The summed E-state index contributed by atoms with van der Waals surface area (Å²) in [5, 5.41) is 10.1. The van der Waals surface area contributed by atoms with Crippen molar-refractivity contribution in [3.05, 3.63) is 24.0 Å². The van der Waals surface area contributed by atoms with E-state index in [1.165, 1.54) is 25.7 Å². The van der Waals surface area contributed by atoms with Gasteiger partial charge in [-0.05, 0) is 30.4 Å². The van der Waals surface area contributed by atoms with Crippen LogP contribution < -0.4 is 0 Å². The summed E-state index contributed by atoms with van der Waals surface area (Å²) in [6, 6.07) is 6.09. The largest absolute Gasteiger partial charge is 0.339 e. The molecule has 0 aliphatic rings. The van der Waals surface area contributed by atoms with Gasteiger partial charge in [0.25, 0.3) is 0 Å². The molecule has 0 saturated carbocycles. The van der Waals surface area contributed by atoms with Crippen LogP contribution in [0.3, 0.4) is 0 Å². The van der Waals surface area contributed by atoms with Crippen molar-refractivity contribution in [1.82, 2.24) is 4.57 Å². The molecular weight excluding hydrogens is 276 g/mol. The van der Waals surface area contributed by atoms with Crippen molar-refractivity contribution in [2.24, 2.45) is 5.41 Å². The van der Waals surface area contributed by atoms with E-state index >= 15 is 0 Å². The first kappa shape index (κ1) is 14.3. The molecule has 17 heavy (non-hydrogen) atoms. The molecule has 1 heterocycles. The van der Waals surface area contributed by atoms with Crippen LogP contribution in [-0.2, 0) is 6.54 Å². The molecule has 0 atom stereocenters. The van der Waals surface area contributed by atoms with Gasteiger partial charge in [0.1, 0.15) is 11.8 Å². The zero-order valence-corrected chi connectivity index (χ0v) is 12.3. The Morgan fingerprint density at radius 2 is 2.00 bits per heavy atom. The molecule has 0 spiro atoms. The van der Waals surface area contributed by atoms with Crippen LogP contribution >= 0.6 is 15.9 Å². The highest BCUT2D eigenvalue weighted by molar-refractivity contribution is 9.09. The highest BCUT2D eigenvalue weighted by atomic mass is 79.9. The van der Waals surface area contributed by atoms with Crippen molar-refractivity contribution < 1.29 is 0 Å². The second kappa shape index (κ2) is 6.86. The average Bonchev–Trinajstić information content (AvgIpc) is 2.76. The van der Waals surface area contributed by atoms with E-state index in [0.717, 1.165) is 17.6 Å². The van der Waals surface area contributed by atoms with Crippen LogP contribution in [0.2, 0.25) is 0 Å². The molecular formula is C14H21BrN2. The summed E-state index contributed by atoms with van der Waals surface area (Å²) in [7, 11) is 0. The SMILES string of the molecule is CCCC(CBr)(CCC)Cn1cccc1C#N. The summed E-state index contributed by atoms with van der Waals surface area (Å²) >= 11 is 3.67. The lowest BCUT2D eigenvalue weighted by molar-refractivity contribution is 0.233. The van der Waals surface area contributed by atoms with Crippen molar-refractivity contribution >= 4 is 15.9 Å². The van der Waals surface area contributed by atoms with Gasteiger partial charge >= 0.3 is 0 Å². The van der Waals surface area contributed by atoms with Crippen LogP contribution in [0.1, 0.15) is 45.2 Å². The molecule has 0 amide bonds. The maximum atomic E-state index is 9.05. The number of hydrogen-bond donors (Lipinski definition) is 0. The van der Waals surface area contributed by atoms with Crippen LogP contribution in [-0.4, -0.2) is 9.90 Å². The Kier molecular flexibility index (Phi) is 5.77. The van der Waals surface area contributed by atoms with Crippen LogP contribution in [0.4, 0.5) is 0 Å². The molecule has 1 aromatic rings. The smallest absolute Gasteiger partial charge is 0.120 e. The average molecular weight is 297 g/mol. The second-order valence-electron chi connectivity index (χ2n) is 4.77. The van der Waals surface area contributed by atoms with E-state index < -0.39 is 0 Å². The molecule has 94 valence electrons.